The van der Waals surface area contributed by atoms with Crippen LogP contribution < -0.4 is 15.1 Å². The fraction of sp³-hybridized carbons (Fsp3) is 0.594. The number of nitrogens with zero attached hydrogens (tertiary/aromatic N) is 6. The second-order valence-electron chi connectivity index (χ2n) is 12.1. The predicted octanol–water partition coefficient (Wildman–Crippen LogP) is 4.43. The van der Waals surface area contributed by atoms with E-state index in [4.69, 9.17) is 52.4 Å². The van der Waals surface area contributed by atoms with Gasteiger partial charge in [0, 0.05) is 64.7 Å². The zero-order chi connectivity index (χ0) is 33.8. The van der Waals surface area contributed by atoms with Crippen molar-refractivity contribution in [3.05, 3.63) is 38.7 Å². The Hall–Kier alpha value is -3.01. The summed E-state index contributed by atoms with van der Waals surface area (Å²) in [5.74, 6) is -0.00274. The van der Waals surface area contributed by atoms with Crippen LogP contribution in [0.15, 0.2) is 12.4 Å². The number of aromatic amines is 1. The molecule has 3 aromatic rings. The third-order valence-electron chi connectivity index (χ3n) is 8.95. The van der Waals surface area contributed by atoms with Gasteiger partial charge in [-0.05, 0) is 40.0 Å². The Morgan fingerprint density at radius 2 is 1.88 bits per heavy atom. The zero-order valence-electron chi connectivity index (χ0n) is 27.5. The molecule has 0 aliphatic carbocycles. The number of thiazole rings is 1. The lowest BCUT2D eigenvalue weighted by molar-refractivity contribution is 0.0272. The molecule has 3 fully saturated rings. The van der Waals surface area contributed by atoms with Gasteiger partial charge in [0.05, 0.1) is 47.3 Å². The summed E-state index contributed by atoms with van der Waals surface area (Å²) in [6, 6.07) is -0.271. The molecular weight excluding hydrogens is 679 g/mol. The van der Waals surface area contributed by atoms with Crippen LogP contribution in [0.25, 0.3) is 11.4 Å². The molecule has 6 heterocycles. The molecule has 1 unspecified atom stereocenters. The van der Waals surface area contributed by atoms with Gasteiger partial charge in [-0.3, -0.25) is 9.69 Å². The van der Waals surface area contributed by atoms with Crippen molar-refractivity contribution >= 4 is 57.4 Å². The number of aromatic nitrogens is 4. The molecule has 1 amide bonds. The molecule has 2 N–H and O–H groups in total. The van der Waals surface area contributed by atoms with Crippen molar-refractivity contribution in [3.63, 3.8) is 0 Å². The summed E-state index contributed by atoms with van der Waals surface area (Å²) >= 11 is 13.8. The molecule has 0 bridgehead atoms. The van der Waals surface area contributed by atoms with Crippen LogP contribution in [-0.2, 0) is 14.2 Å². The van der Waals surface area contributed by atoms with E-state index in [9.17, 15) is 9.59 Å². The van der Waals surface area contributed by atoms with Crippen molar-refractivity contribution in [3.8, 4) is 11.4 Å². The summed E-state index contributed by atoms with van der Waals surface area (Å²) in [5.41, 5.74) is 1.79. The minimum Gasteiger partial charge on any atom is -0.462 e. The van der Waals surface area contributed by atoms with E-state index in [0.717, 1.165) is 58.0 Å². The highest BCUT2D eigenvalue weighted by atomic mass is 35.5. The van der Waals surface area contributed by atoms with Gasteiger partial charge in [-0.2, -0.15) is 0 Å². The maximum absolute atomic E-state index is 13.1. The fourth-order valence-electron chi connectivity index (χ4n) is 6.40. The number of H-pyrrole nitrogens is 1. The van der Waals surface area contributed by atoms with E-state index in [0.29, 0.717) is 64.3 Å². The number of carbonyl (C=O) groups is 2. The number of piperidine rings is 1. The van der Waals surface area contributed by atoms with E-state index < -0.39 is 5.97 Å². The van der Waals surface area contributed by atoms with E-state index in [1.807, 2.05) is 6.92 Å². The fourth-order valence-corrected chi connectivity index (χ4v) is 7.82. The molecule has 6 rings (SSSR count). The van der Waals surface area contributed by atoms with Crippen LogP contribution >= 0.6 is 34.5 Å². The Labute approximate surface area is 294 Å². The lowest BCUT2D eigenvalue weighted by Gasteiger charge is -2.38. The van der Waals surface area contributed by atoms with E-state index in [-0.39, 0.29) is 35.4 Å². The van der Waals surface area contributed by atoms with Crippen LogP contribution in [0.5, 0.6) is 0 Å². The average Bonchev–Trinajstić information content (AvgIpc) is 3.84. The number of nitrogens with one attached hydrogen (secondary N) is 2. The van der Waals surface area contributed by atoms with E-state index in [1.54, 1.807) is 26.2 Å². The van der Waals surface area contributed by atoms with Crippen molar-refractivity contribution in [2.24, 2.45) is 0 Å². The monoisotopic (exact) mass is 720 g/mol. The molecule has 3 saturated heterocycles. The number of piperazine rings is 1. The Morgan fingerprint density at radius 1 is 1.06 bits per heavy atom. The van der Waals surface area contributed by atoms with Crippen LogP contribution in [0.2, 0.25) is 10.0 Å². The number of amides is 1. The highest BCUT2D eigenvalue weighted by Gasteiger charge is 2.35. The molecular formula is C32H42Cl2N8O5S. The molecule has 260 valence electrons. The SMILES string of the molecule is CCOC(=O)c1sc(N2CC[C@@H](NC(=O)c3[nH]c(C)c(Cl)c3Cl)[C@@H](OCC)C2)nc1-c1cnc(N2CCN(CC3CCCO3)CC2)cn1. The highest BCUT2D eigenvalue weighted by Crippen LogP contribution is 2.35. The number of ether oxygens (including phenoxy) is 3. The second-order valence-corrected chi connectivity index (χ2v) is 13.9. The van der Waals surface area contributed by atoms with Crippen molar-refractivity contribution < 1.29 is 23.8 Å². The first-order valence-electron chi connectivity index (χ1n) is 16.6. The summed E-state index contributed by atoms with van der Waals surface area (Å²) < 4.78 is 17.3. The molecule has 3 aromatic heterocycles. The first-order valence-corrected chi connectivity index (χ1v) is 18.1. The number of esters is 1. The Balaban J connectivity index is 1.14. The van der Waals surface area contributed by atoms with Gasteiger partial charge < -0.3 is 34.3 Å². The van der Waals surface area contributed by atoms with Gasteiger partial charge in [-0.25, -0.2) is 19.7 Å². The maximum atomic E-state index is 13.1. The van der Waals surface area contributed by atoms with Crippen molar-refractivity contribution in [1.82, 2.24) is 30.2 Å². The standard InChI is InChI=1S/C32H42Cl2N8O5S/c1-4-45-23-18-42(9-8-21(23)38-30(43)28-26(34)25(33)19(3)37-28)32-39-27(29(48-32)31(44)46-5-2)22-15-36-24(16-35-22)41-12-10-40(11-13-41)17-20-7-6-14-47-20/h15-16,20-21,23,37H,4-14,17-18H2,1-3H3,(H,38,43)/t20?,21-,23+/m1/s1. The van der Waals surface area contributed by atoms with Gasteiger partial charge in [0.2, 0.25) is 0 Å². The van der Waals surface area contributed by atoms with E-state index in [2.05, 4.69) is 25.0 Å². The highest BCUT2D eigenvalue weighted by molar-refractivity contribution is 7.17. The number of carbonyl (C=O) groups excluding carboxylic acids is 2. The summed E-state index contributed by atoms with van der Waals surface area (Å²) in [5, 5.41) is 4.24. The molecule has 48 heavy (non-hydrogen) atoms. The van der Waals surface area contributed by atoms with Crippen molar-refractivity contribution in [2.75, 3.05) is 75.4 Å². The smallest absolute Gasteiger partial charge is 0.350 e. The van der Waals surface area contributed by atoms with E-state index >= 15 is 0 Å². The number of rotatable bonds is 11. The first-order chi connectivity index (χ1) is 23.2. The molecule has 3 aliphatic heterocycles. The van der Waals surface area contributed by atoms with Crippen LogP contribution in [0.1, 0.15) is 59.0 Å². The zero-order valence-corrected chi connectivity index (χ0v) is 29.8. The second kappa shape index (κ2) is 15.7. The van der Waals surface area contributed by atoms with Crippen LogP contribution in [-0.4, -0.2) is 121 Å². The minimum absolute atomic E-state index is 0.197. The summed E-state index contributed by atoms with van der Waals surface area (Å²) in [6.07, 6.45) is 6.33. The number of anilines is 2. The Kier molecular flexibility index (Phi) is 11.4. The molecule has 0 saturated carbocycles. The summed E-state index contributed by atoms with van der Waals surface area (Å²) in [7, 11) is 0. The third kappa shape index (κ3) is 7.74. The largest absolute Gasteiger partial charge is 0.462 e. The van der Waals surface area contributed by atoms with Crippen molar-refractivity contribution in [1.29, 1.82) is 0 Å². The van der Waals surface area contributed by atoms with Gasteiger partial charge >= 0.3 is 5.97 Å². The molecule has 16 heteroatoms. The molecule has 3 atom stereocenters. The third-order valence-corrected chi connectivity index (χ3v) is 11.0. The minimum atomic E-state index is -0.454. The quantitative estimate of drug-likeness (QED) is 0.272. The first kappa shape index (κ1) is 34.8. The molecule has 13 nitrogen and oxygen atoms in total. The average molecular weight is 722 g/mol. The van der Waals surface area contributed by atoms with Gasteiger partial charge in [0.15, 0.2) is 5.13 Å². The van der Waals surface area contributed by atoms with Crippen LogP contribution in [0, 0.1) is 6.92 Å². The molecule has 0 aromatic carbocycles. The Morgan fingerprint density at radius 3 is 2.52 bits per heavy atom. The number of hydrogen-bond donors (Lipinski definition) is 2. The summed E-state index contributed by atoms with van der Waals surface area (Å²) in [4.78, 5) is 50.6. The van der Waals surface area contributed by atoms with Crippen LogP contribution in [0.3, 0.4) is 0 Å². The molecule has 0 radical (unpaired) electrons. The predicted molar refractivity (Wildman–Crippen MR) is 186 cm³/mol. The van der Waals surface area contributed by atoms with Crippen molar-refractivity contribution in [2.45, 2.75) is 58.3 Å². The maximum Gasteiger partial charge on any atom is 0.350 e. The number of halogens is 2. The van der Waals surface area contributed by atoms with E-state index in [1.165, 1.54) is 11.3 Å². The van der Waals surface area contributed by atoms with Crippen LogP contribution in [0.4, 0.5) is 10.9 Å². The lowest BCUT2D eigenvalue weighted by Crippen LogP contribution is -2.55. The van der Waals surface area contributed by atoms with Gasteiger partial charge in [-0.1, -0.05) is 34.5 Å². The number of hydrogen-bond acceptors (Lipinski definition) is 12. The molecule has 0 spiro atoms. The Bertz CT molecular complexity index is 1570. The lowest BCUT2D eigenvalue weighted by atomic mass is 10.0. The van der Waals surface area contributed by atoms with Gasteiger partial charge in [-0.15, -0.1) is 0 Å². The molecule has 3 aliphatic rings. The number of aryl methyl sites for hydroxylation is 1. The van der Waals surface area contributed by atoms with Gasteiger partial charge in [0.25, 0.3) is 5.91 Å². The van der Waals surface area contributed by atoms with Gasteiger partial charge in [0.1, 0.15) is 27.8 Å². The summed E-state index contributed by atoms with van der Waals surface area (Å²) in [6.45, 7) is 12.6. The topological polar surface area (TPSA) is 138 Å². The normalized spacial score (nSPS) is 21.9.